The van der Waals surface area contributed by atoms with Crippen molar-refractivity contribution in [2.45, 2.75) is 115 Å². The SMILES string of the molecule is C[C@@H](C(=O)N[C@H](C(=O)N1C[C@H]2C[C@](O)(C(F)(F)F)CN2C[C@H]1C(=O)N[C@@H]1CCOc2ccccc21)C1CCCCC1)N(CC(C)(C)C)C(=O)O. The van der Waals surface area contributed by atoms with Crippen LogP contribution < -0.4 is 15.4 Å². The van der Waals surface area contributed by atoms with Crippen molar-refractivity contribution in [1.82, 2.24) is 25.3 Å². The van der Waals surface area contributed by atoms with Crippen molar-refractivity contribution in [3.63, 3.8) is 0 Å². The number of halogens is 3. The number of aliphatic hydroxyl groups is 1. The van der Waals surface area contributed by atoms with E-state index in [-0.39, 0.29) is 25.6 Å². The second kappa shape index (κ2) is 14.6. The quantitative estimate of drug-likeness (QED) is 0.319. The summed E-state index contributed by atoms with van der Waals surface area (Å²) in [5.41, 5.74) is -2.72. The van der Waals surface area contributed by atoms with Crippen LogP contribution in [0.4, 0.5) is 18.0 Å². The summed E-state index contributed by atoms with van der Waals surface area (Å²) in [4.78, 5) is 58.5. The summed E-state index contributed by atoms with van der Waals surface area (Å²) in [5.74, 6) is -1.57. The average Bonchev–Trinajstić information content (AvgIpc) is 3.41. The van der Waals surface area contributed by atoms with Crippen molar-refractivity contribution >= 4 is 23.8 Å². The summed E-state index contributed by atoms with van der Waals surface area (Å²) in [5, 5.41) is 26.4. The van der Waals surface area contributed by atoms with Crippen LogP contribution >= 0.6 is 0 Å². The number of benzene rings is 1. The maximum atomic E-state index is 14.7. The third-order valence-corrected chi connectivity index (χ3v) is 10.6. The molecule has 3 fully saturated rings. The molecule has 12 nitrogen and oxygen atoms in total. The van der Waals surface area contributed by atoms with E-state index in [0.29, 0.717) is 31.6 Å². The van der Waals surface area contributed by atoms with Crippen LogP contribution in [-0.2, 0) is 14.4 Å². The fraction of sp³-hybridized carbons (Fsp3) is 0.714. The zero-order valence-corrected chi connectivity index (χ0v) is 29.2. The van der Waals surface area contributed by atoms with E-state index in [1.807, 2.05) is 26.8 Å². The van der Waals surface area contributed by atoms with Crippen LogP contribution in [0.1, 0.15) is 84.2 Å². The van der Waals surface area contributed by atoms with Crippen LogP contribution in [0.3, 0.4) is 0 Å². The lowest BCUT2D eigenvalue weighted by Gasteiger charge is -2.45. The van der Waals surface area contributed by atoms with Gasteiger partial charge in [0.05, 0.1) is 12.6 Å². The first kappa shape index (κ1) is 37.7. The van der Waals surface area contributed by atoms with Gasteiger partial charge < -0.3 is 30.5 Å². The van der Waals surface area contributed by atoms with Gasteiger partial charge in [-0.05, 0) is 37.2 Å². The minimum Gasteiger partial charge on any atom is -0.493 e. The number of piperazine rings is 1. The summed E-state index contributed by atoms with van der Waals surface area (Å²) in [6.07, 6.45) is -2.69. The van der Waals surface area contributed by atoms with Gasteiger partial charge in [0, 0.05) is 50.6 Å². The Hall–Kier alpha value is -3.59. The van der Waals surface area contributed by atoms with Crippen LogP contribution in [0.25, 0.3) is 0 Å². The van der Waals surface area contributed by atoms with Gasteiger partial charge in [0.2, 0.25) is 17.7 Å². The predicted octanol–water partition coefficient (Wildman–Crippen LogP) is 3.68. The van der Waals surface area contributed by atoms with Gasteiger partial charge in [-0.2, -0.15) is 13.2 Å². The highest BCUT2D eigenvalue weighted by Crippen LogP contribution is 2.42. The minimum absolute atomic E-state index is 0.0578. The molecule has 15 heteroatoms. The molecule has 0 bridgehead atoms. The van der Waals surface area contributed by atoms with Gasteiger partial charge in [0.15, 0.2) is 5.60 Å². The van der Waals surface area contributed by atoms with Crippen LogP contribution in [0.5, 0.6) is 5.75 Å². The van der Waals surface area contributed by atoms with Crippen LogP contribution in [0.2, 0.25) is 0 Å². The fourth-order valence-corrected chi connectivity index (χ4v) is 7.87. The maximum Gasteiger partial charge on any atom is 0.418 e. The van der Waals surface area contributed by atoms with Gasteiger partial charge in [-0.1, -0.05) is 58.2 Å². The topological polar surface area (TPSA) is 152 Å². The number of nitrogens with one attached hydrogen (secondary N) is 2. The number of ether oxygens (including phenoxy) is 1. The maximum absolute atomic E-state index is 14.7. The Balaban J connectivity index is 1.45. The molecule has 6 atom stereocenters. The lowest BCUT2D eigenvalue weighted by Crippen LogP contribution is -2.66. The number of nitrogens with zero attached hydrogens (tertiary/aromatic N) is 3. The molecule has 0 unspecified atom stereocenters. The van der Waals surface area contributed by atoms with Crippen LogP contribution in [0, 0.1) is 11.3 Å². The molecular weight excluding hydrogens is 659 g/mol. The average molecular weight is 710 g/mol. The highest BCUT2D eigenvalue weighted by molar-refractivity contribution is 5.94. The number of rotatable bonds is 8. The highest BCUT2D eigenvalue weighted by Gasteiger charge is 2.62. The van der Waals surface area contributed by atoms with E-state index in [9.17, 15) is 42.6 Å². The van der Waals surface area contributed by atoms with Crippen molar-refractivity contribution in [1.29, 1.82) is 0 Å². The summed E-state index contributed by atoms with van der Waals surface area (Å²) in [7, 11) is 0. The molecular formula is C35H50F3N5O7. The zero-order chi connectivity index (χ0) is 36.6. The number of fused-ring (bicyclic) bond motifs is 2. The molecule has 50 heavy (non-hydrogen) atoms. The molecule has 1 aromatic rings. The second-order valence-electron chi connectivity index (χ2n) is 15.6. The number of carbonyl (C=O) groups excluding carboxylic acids is 3. The summed E-state index contributed by atoms with van der Waals surface area (Å²) < 4.78 is 47.8. The van der Waals surface area contributed by atoms with Crippen molar-refractivity contribution in [3.05, 3.63) is 29.8 Å². The summed E-state index contributed by atoms with van der Waals surface area (Å²) >= 11 is 0. The third-order valence-electron chi connectivity index (χ3n) is 10.6. The van der Waals surface area contributed by atoms with Gasteiger partial charge in [0.25, 0.3) is 0 Å². The number of alkyl halides is 3. The molecule has 4 aliphatic rings. The first-order valence-corrected chi connectivity index (χ1v) is 17.5. The molecule has 278 valence electrons. The fourth-order valence-electron chi connectivity index (χ4n) is 7.87. The van der Waals surface area contributed by atoms with E-state index in [1.165, 1.54) is 16.7 Å². The largest absolute Gasteiger partial charge is 0.493 e. The van der Waals surface area contributed by atoms with Crippen LogP contribution in [0.15, 0.2) is 24.3 Å². The minimum atomic E-state index is -4.92. The standard InChI is InChI=1S/C35H50F3N5O7/c1-21(43(32(47)48)19-33(2,3)4)29(44)40-28(22-10-6-5-7-11-22)31(46)42-17-23-16-34(49,35(36,37)38)20-41(23)18-26(42)30(45)39-25-14-15-50-27-13-9-8-12-24(25)27/h8-9,12-13,21-23,25-26,28,49H,5-7,10-11,14-20H2,1-4H3,(H,39,45)(H,40,44)(H,47,48)/t21-,23+,25+,26-,28-,34+/m0/s1. The first-order chi connectivity index (χ1) is 23.4. The van der Waals surface area contributed by atoms with Gasteiger partial charge in [-0.25, -0.2) is 4.79 Å². The van der Waals surface area contributed by atoms with E-state index in [0.717, 1.165) is 29.7 Å². The third kappa shape index (κ3) is 8.14. The number of carboxylic acid groups (broad SMARTS) is 1. The normalized spacial score (nSPS) is 27.3. The van der Waals surface area contributed by atoms with Gasteiger partial charge >= 0.3 is 12.3 Å². The number of hydrogen-bond acceptors (Lipinski definition) is 7. The van der Waals surface area contributed by atoms with E-state index in [4.69, 9.17) is 4.74 Å². The zero-order valence-electron chi connectivity index (χ0n) is 29.2. The molecule has 0 spiro atoms. The van der Waals surface area contributed by atoms with E-state index in [2.05, 4.69) is 10.6 Å². The molecule has 5 rings (SSSR count). The number of carbonyl (C=O) groups is 4. The second-order valence-corrected chi connectivity index (χ2v) is 15.6. The predicted molar refractivity (Wildman–Crippen MR) is 176 cm³/mol. The lowest BCUT2D eigenvalue weighted by molar-refractivity contribution is -0.254. The molecule has 3 aliphatic heterocycles. The Bertz CT molecular complexity index is 1430. The molecule has 1 aromatic carbocycles. The molecule has 4 N–H and O–H groups in total. The summed E-state index contributed by atoms with van der Waals surface area (Å²) in [6, 6.07) is 2.36. The summed E-state index contributed by atoms with van der Waals surface area (Å²) in [6.45, 7) is 6.13. The molecule has 0 aromatic heterocycles. The van der Waals surface area contributed by atoms with E-state index in [1.54, 1.807) is 18.2 Å². The van der Waals surface area contributed by atoms with Gasteiger partial charge in [0.1, 0.15) is 23.9 Å². The Morgan fingerprint density at radius 2 is 1.74 bits per heavy atom. The Morgan fingerprint density at radius 3 is 2.38 bits per heavy atom. The molecule has 0 radical (unpaired) electrons. The number of hydrogen-bond donors (Lipinski definition) is 4. The van der Waals surface area contributed by atoms with E-state index >= 15 is 0 Å². The molecule has 3 heterocycles. The Morgan fingerprint density at radius 1 is 1.06 bits per heavy atom. The lowest BCUT2D eigenvalue weighted by atomic mass is 9.82. The first-order valence-electron chi connectivity index (χ1n) is 17.5. The monoisotopic (exact) mass is 709 g/mol. The highest BCUT2D eigenvalue weighted by atomic mass is 19.4. The van der Waals surface area contributed by atoms with Crippen molar-refractivity contribution < 1.29 is 47.3 Å². The van der Waals surface area contributed by atoms with Gasteiger partial charge in [-0.3, -0.25) is 24.2 Å². The molecule has 2 saturated heterocycles. The number of amides is 4. The van der Waals surface area contributed by atoms with Crippen molar-refractivity contribution in [3.8, 4) is 5.75 Å². The van der Waals surface area contributed by atoms with Crippen LogP contribution in [-0.4, -0.2) is 117 Å². The Labute approximate surface area is 290 Å². The number of para-hydroxylation sites is 1. The molecule has 4 amide bonds. The van der Waals surface area contributed by atoms with Crippen molar-refractivity contribution in [2.24, 2.45) is 11.3 Å². The van der Waals surface area contributed by atoms with Crippen molar-refractivity contribution in [2.75, 3.05) is 32.8 Å². The van der Waals surface area contributed by atoms with Gasteiger partial charge in [-0.15, -0.1) is 0 Å². The Kier molecular flexibility index (Phi) is 11.0. The molecule has 1 saturated carbocycles. The molecule has 1 aliphatic carbocycles. The van der Waals surface area contributed by atoms with E-state index < -0.39 is 84.2 Å². The smallest absolute Gasteiger partial charge is 0.418 e.